The summed E-state index contributed by atoms with van der Waals surface area (Å²) >= 11 is 0. The number of nitrogens with zero attached hydrogens (tertiary/aromatic N) is 1. The first-order valence-electron chi connectivity index (χ1n) is 15.8. The standard InChI is InChI=1S/C39H42N4O7/c1-25-16-21-30(24-31(25)41-35(44)28-19-17-27(18-20-28)15-11-14-26-12-9-8-10-13-26)40-37(43-38(46)50-39(2,3)4)42-36(45)29-22-32(47-5)34(49-7)33(23-29)48-6/h8-14,16-24H,15H2,1-7H3,(H,41,44)(H2,40,42,43,45,46). The van der Waals surface area contributed by atoms with Gasteiger partial charge in [-0.1, -0.05) is 60.7 Å². The van der Waals surface area contributed by atoms with E-state index in [1.165, 1.54) is 33.5 Å². The van der Waals surface area contributed by atoms with Gasteiger partial charge in [-0.15, -0.1) is 0 Å². The molecule has 0 atom stereocenters. The van der Waals surface area contributed by atoms with Crippen LogP contribution in [0, 0.1) is 6.92 Å². The largest absolute Gasteiger partial charge is 0.493 e. The van der Waals surface area contributed by atoms with Gasteiger partial charge in [0, 0.05) is 16.8 Å². The van der Waals surface area contributed by atoms with Crippen LogP contribution in [0.15, 0.2) is 96.0 Å². The Balaban J connectivity index is 1.54. The van der Waals surface area contributed by atoms with E-state index in [0.29, 0.717) is 22.7 Å². The highest BCUT2D eigenvalue weighted by Gasteiger charge is 2.21. The van der Waals surface area contributed by atoms with Gasteiger partial charge in [0.15, 0.2) is 11.5 Å². The molecule has 0 spiro atoms. The lowest BCUT2D eigenvalue weighted by molar-refractivity contribution is 0.0561. The average molecular weight is 679 g/mol. The minimum absolute atomic E-state index is 0.147. The maximum Gasteiger partial charge on any atom is 0.414 e. The predicted octanol–water partition coefficient (Wildman–Crippen LogP) is 7.47. The Morgan fingerprint density at radius 2 is 1.42 bits per heavy atom. The summed E-state index contributed by atoms with van der Waals surface area (Å²) in [7, 11) is 4.33. The molecule has 0 aromatic heterocycles. The zero-order chi connectivity index (χ0) is 36.3. The fourth-order valence-electron chi connectivity index (χ4n) is 4.70. The summed E-state index contributed by atoms with van der Waals surface area (Å²) in [5.74, 6) is -0.292. The number of alkyl carbamates (subject to hydrolysis) is 1. The number of aryl methyl sites for hydroxylation is 1. The number of hydrogen-bond acceptors (Lipinski definition) is 8. The molecule has 3 N–H and O–H groups in total. The van der Waals surface area contributed by atoms with Crippen molar-refractivity contribution in [3.8, 4) is 17.2 Å². The average Bonchev–Trinajstić information content (AvgIpc) is 3.08. The monoisotopic (exact) mass is 678 g/mol. The number of anilines is 1. The van der Waals surface area contributed by atoms with E-state index in [0.717, 1.165) is 23.1 Å². The Morgan fingerprint density at radius 3 is 2.02 bits per heavy atom. The van der Waals surface area contributed by atoms with E-state index in [-0.39, 0.29) is 28.9 Å². The van der Waals surface area contributed by atoms with E-state index in [1.807, 2.05) is 49.4 Å². The van der Waals surface area contributed by atoms with Crippen LogP contribution >= 0.6 is 0 Å². The molecule has 0 aliphatic heterocycles. The summed E-state index contributed by atoms with van der Waals surface area (Å²) in [4.78, 5) is 43.9. The molecule has 50 heavy (non-hydrogen) atoms. The van der Waals surface area contributed by atoms with Crippen LogP contribution in [0.4, 0.5) is 16.2 Å². The first kappa shape index (κ1) is 36.7. The second kappa shape index (κ2) is 16.8. The molecule has 0 bridgehead atoms. The van der Waals surface area contributed by atoms with Crippen LogP contribution in [-0.2, 0) is 11.2 Å². The molecule has 0 saturated carbocycles. The summed E-state index contributed by atoms with van der Waals surface area (Å²) in [5.41, 5.74) is 3.63. The van der Waals surface area contributed by atoms with Crippen molar-refractivity contribution >= 4 is 41.3 Å². The van der Waals surface area contributed by atoms with E-state index in [2.05, 4.69) is 33.1 Å². The van der Waals surface area contributed by atoms with Gasteiger partial charge in [-0.3, -0.25) is 20.2 Å². The lowest BCUT2D eigenvalue weighted by atomic mass is 10.1. The van der Waals surface area contributed by atoms with Gasteiger partial charge >= 0.3 is 6.09 Å². The van der Waals surface area contributed by atoms with E-state index >= 15 is 0 Å². The Hall–Kier alpha value is -6.10. The summed E-state index contributed by atoms with van der Waals surface area (Å²) in [6.45, 7) is 6.98. The van der Waals surface area contributed by atoms with Crippen LogP contribution in [0.3, 0.4) is 0 Å². The summed E-state index contributed by atoms with van der Waals surface area (Å²) in [5, 5.41) is 8.07. The summed E-state index contributed by atoms with van der Waals surface area (Å²) in [6.07, 6.45) is 4.04. The summed E-state index contributed by atoms with van der Waals surface area (Å²) in [6, 6.07) is 25.5. The van der Waals surface area contributed by atoms with Crippen LogP contribution < -0.4 is 30.2 Å². The van der Waals surface area contributed by atoms with E-state index < -0.39 is 17.6 Å². The third-order valence-electron chi connectivity index (χ3n) is 7.17. The molecule has 0 aliphatic carbocycles. The molecule has 0 unspecified atom stereocenters. The number of rotatable bonds is 10. The van der Waals surface area contributed by atoms with Gasteiger partial charge in [-0.2, -0.15) is 0 Å². The highest BCUT2D eigenvalue weighted by atomic mass is 16.6. The fourth-order valence-corrected chi connectivity index (χ4v) is 4.70. The molecule has 0 fully saturated rings. The quantitative estimate of drug-likeness (QED) is 0.117. The van der Waals surface area contributed by atoms with Crippen LogP contribution in [0.2, 0.25) is 0 Å². The minimum atomic E-state index is -0.832. The molecule has 4 aromatic rings. The molecule has 260 valence electrons. The van der Waals surface area contributed by atoms with Crippen molar-refractivity contribution in [1.82, 2.24) is 10.6 Å². The number of methoxy groups -OCH3 is 3. The Bertz CT molecular complexity index is 1850. The van der Waals surface area contributed by atoms with Crippen molar-refractivity contribution in [1.29, 1.82) is 0 Å². The number of hydrogen-bond donors (Lipinski definition) is 3. The number of ether oxygens (including phenoxy) is 4. The van der Waals surface area contributed by atoms with E-state index in [1.54, 1.807) is 51.1 Å². The number of allylic oxidation sites excluding steroid dienone is 1. The van der Waals surface area contributed by atoms with Gasteiger partial charge in [0.05, 0.1) is 27.0 Å². The first-order valence-corrected chi connectivity index (χ1v) is 15.8. The minimum Gasteiger partial charge on any atom is -0.493 e. The van der Waals surface area contributed by atoms with Gasteiger partial charge in [-0.25, -0.2) is 9.79 Å². The van der Waals surface area contributed by atoms with Crippen LogP contribution in [-0.4, -0.2) is 50.8 Å². The molecule has 0 radical (unpaired) electrons. The normalized spacial score (nSPS) is 11.5. The maximum absolute atomic E-state index is 13.4. The molecule has 3 amide bonds. The highest BCUT2D eigenvalue weighted by Crippen LogP contribution is 2.38. The van der Waals surface area contributed by atoms with Gasteiger partial charge in [0.1, 0.15) is 5.60 Å². The zero-order valence-corrected chi connectivity index (χ0v) is 29.2. The number of nitrogens with one attached hydrogen (secondary N) is 3. The van der Waals surface area contributed by atoms with Gasteiger partial charge in [0.2, 0.25) is 11.7 Å². The molecule has 0 aliphatic rings. The van der Waals surface area contributed by atoms with Crippen LogP contribution in [0.5, 0.6) is 17.2 Å². The highest BCUT2D eigenvalue weighted by molar-refractivity contribution is 6.10. The molecule has 4 rings (SSSR count). The third-order valence-corrected chi connectivity index (χ3v) is 7.17. The van der Waals surface area contributed by atoms with Crippen molar-refractivity contribution in [2.75, 3.05) is 26.6 Å². The number of amides is 3. The molecule has 11 heteroatoms. The van der Waals surface area contributed by atoms with Crippen molar-refractivity contribution in [2.45, 2.75) is 39.7 Å². The maximum atomic E-state index is 13.4. The molecular weight excluding hydrogens is 636 g/mol. The number of carbonyl (C=O) groups is 3. The second-order valence-electron chi connectivity index (χ2n) is 12.1. The van der Waals surface area contributed by atoms with Gasteiger partial charge < -0.3 is 24.3 Å². The number of aliphatic imine (C=N–C) groups is 1. The molecule has 0 saturated heterocycles. The number of carbonyl (C=O) groups excluding carboxylic acids is 3. The Kier molecular flexibility index (Phi) is 12.4. The van der Waals surface area contributed by atoms with Crippen LogP contribution in [0.1, 0.15) is 58.2 Å². The molecule has 4 aromatic carbocycles. The second-order valence-corrected chi connectivity index (χ2v) is 12.1. The van der Waals surface area contributed by atoms with Crippen molar-refractivity contribution in [2.24, 2.45) is 4.99 Å². The van der Waals surface area contributed by atoms with Crippen molar-refractivity contribution in [3.05, 3.63) is 119 Å². The number of benzene rings is 4. The zero-order valence-electron chi connectivity index (χ0n) is 29.2. The lowest BCUT2D eigenvalue weighted by Crippen LogP contribution is -2.45. The third kappa shape index (κ3) is 10.4. The molecule has 0 heterocycles. The van der Waals surface area contributed by atoms with Crippen molar-refractivity contribution < 1.29 is 33.3 Å². The first-order chi connectivity index (χ1) is 23.9. The van der Waals surface area contributed by atoms with E-state index in [4.69, 9.17) is 18.9 Å². The molecular formula is C39H42N4O7. The van der Waals surface area contributed by atoms with Crippen LogP contribution in [0.25, 0.3) is 6.08 Å². The van der Waals surface area contributed by atoms with Gasteiger partial charge in [0.25, 0.3) is 11.8 Å². The number of guanidine groups is 1. The van der Waals surface area contributed by atoms with E-state index in [9.17, 15) is 14.4 Å². The Morgan fingerprint density at radius 1 is 0.760 bits per heavy atom. The molecule has 11 nitrogen and oxygen atoms in total. The summed E-state index contributed by atoms with van der Waals surface area (Å²) < 4.78 is 21.5. The van der Waals surface area contributed by atoms with Gasteiger partial charge in [-0.05, 0) is 87.2 Å². The smallest absolute Gasteiger partial charge is 0.414 e. The Labute approximate surface area is 292 Å². The predicted molar refractivity (Wildman–Crippen MR) is 195 cm³/mol. The SMILES string of the molecule is COc1cc(C(=O)NC(=Nc2ccc(C)c(NC(=O)c3ccc(CC=Cc4ccccc4)cc3)c2)NC(=O)OC(C)(C)C)cc(OC)c1OC. The van der Waals surface area contributed by atoms with Crippen molar-refractivity contribution in [3.63, 3.8) is 0 Å². The topological polar surface area (TPSA) is 137 Å². The fraction of sp³-hybridized carbons (Fsp3) is 0.231. The lowest BCUT2D eigenvalue weighted by Gasteiger charge is -2.20.